The van der Waals surface area contributed by atoms with Crippen LogP contribution in [0.3, 0.4) is 0 Å². The lowest BCUT2D eigenvalue weighted by Gasteiger charge is -2.23. The molecule has 2 heterocycles. The fraction of sp³-hybridized carbons (Fsp3) is 0.400. The van der Waals surface area contributed by atoms with Gasteiger partial charge in [-0.2, -0.15) is 0 Å². The average molecular weight is 294 g/mol. The molecule has 1 aliphatic heterocycles. The van der Waals surface area contributed by atoms with Crippen molar-refractivity contribution in [1.82, 2.24) is 4.37 Å². The Labute approximate surface area is 122 Å². The molecule has 0 unspecified atom stereocenters. The van der Waals surface area contributed by atoms with Gasteiger partial charge >= 0.3 is 0 Å². The highest BCUT2D eigenvalue weighted by Gasteiger charge is 2.18. The Kier molecular flexibility index (Phi) is 4.16. The molecule has 2 aromatic rings. The average Bonchev–Trinajstić information content (AvgIpc) is 2.94. The van der Waals surface area contributed by atoms with E-state index in [1.165, 1.54) is 17.1 Å². The second kappa shape index (κ2) is 6.04. The van der Waals surface area contributed by atoms with Crippen molar-refractivity contribution in [1.29, 1.82) is 0 Å². The van der Waals surface area contributed by atoms with Gasteiger partial charge in [0.05, 0.1) is 4.88 Å². The zero-order valence-corrected chi connectivity index (χ0v) is 12.2. The van der Waals surface area contributed by atoms with Crippen molar-refractivity contribution in [3.8, 4) is 10.4 Å². The van der Waals surface area contributed by atoms with Gasteiger partial charge in [0, 0.05) is 30.0 Å². The molecular formula is C15H16ClNOS. The Hall–Kier alpha value is -0.900. The minimum Gasteiger partial charge on any atom is -0.381 e. The maximum Gasteiger partial charge on any atom is 0.0567 e. The summed E-state index contributed by atoms with van der Waals surface area (Å²) in [7, 11) is 0. The molecule has 0 N–H and O–H groups in total. The number of benzene rings is 1. The van der Waals surface area contributed by atoms with E-state index in [-0.39, 0.29) is 0 Å². The molecule has 2 nitrogen and oxygen atoms in total. The van der Waals surface area contributed by atoms with E-state index < -0.39 is 0 Å². The minimum absolute atomic E-state index is 0.707. The first kappa shape index (κ1) is 13.1. The number of rotatable bonds is 3. The second-order valence-corrected chi connectivity index (χ2v) is 6.15. The van der Waals surface area contributed by atoms with E-state index in [9.17, 15) is 0 Å². The van der Waals surface area contributed by atoms with Crippen LogP contribution in [-0.4, -0.2) is 17.6 Å². The fourth-order valence-corrected chi connectivity index (χ4v) is 3.66. The Morgan fingerprint density at radius 1 is 1.26 bits per heavy atom. The molecule has 0 saturated carbocycles. The summed E-state index contributed by atoms with van der Waals surface area (Å²) in [6, 6.07) is 8.24. The third kappa shape index (κ3) is 2.99. The molecule has 1 fully saturated rings. The van der Waals surface area contributed by atoms with Gasteiger partial charge in [-0.3, -0.25) is 0 Å². The van der Waals surface area contributed by atoms with Gasteiger partial charge in [0.1, 0.15) is 0 Å². The maximum atomic E-state index is 6.39. The van der Waals surface area contributed by atoms with Crippen LogP contribution < -0.4 is 0 Å². The monoisotopic (exact) mass is 293 g/mol. The van der Waals surface area contributed by atoms with Crippen LogP contribution in [0.25, 0.3) is 10.4 Å². The summed E-state index contributed by atoms with van der Waals surface area (Å²) >= 11 is 7.90. The molecule has 100 valence electrons. The zero-order chi connectivity index (χ0) is 13.1. The van der Waals surface area contributed by atoms with Gasteiger partial charge in [-0.05, 0) is 54.4 Å². The van der Waals surface area contributed by atoms with Crippen molar-refractivity contribution < 1.29 is 4.74 Å². The van der Waals surface area contributed by atoms with Crippen molar-refractivity contribution in [3.63, 3.8) is 0 Å². The van der Waals surface area contributed by atoms with Gasteiger partial charge in [0.25, 0.3) is 0 Å². The minimum atomic E-state index is 0.707. The van der Waals surface area contributed by atoms with Crippen molar-refractivity contribution in [2.75, 3.05) is 13.2 Å². The highest BCUT2D eigenvalue weighted by atomic mass is 35.5. The van der Waals surface area contributed by atoms with Gasteiger partial charge < -0.3 is 4.74 Å². The van der Waals surface area contributed by atoms with Crippen LogP contribution in [0.15, 0.2) is 30.5 Å². The highest BCUT2D eigenvalue weighted by Crippen LogP contribution is 2.35. The summed E-state index contributed by atoms with van der Waals surface area (Å²) < 4.78 is 9.62. The molecule has 1 aromatic heterocycles. The van der Waals surface area contributed by atoms with Gasteiger partial charge in [0.2, 0.25) is 0 Å². The molecule has 0 spiro atoms. The van der Waals surface area contributed by atoms with Crippen molar-refractivity contribution in [3.05, 3.63) is 41.0 Å². The fourth-order valence-electron chi connectivity index (χ4n) is 2.62. The van der Waals surface area contributed by atoms with E-state index in [2.05, 4.69) is 10.4 Å². The Bertz CT molecular complexity index is 535. The predicted octanol–water partition coefficient (Wildman–Crippen LogP) is 4.43. The largest absolute Gasteiger partial charge is 0.381 e. The molecule has 4 heteroatoms. The third-order valence-electron chi connectivity index (χ3n) is 3.63. The normalized spacial score (nSPS) is 16.7. The summed E-state index contributed by atoms with van der Waals surface area (Å²) in [6.07, 6.45) is 5.21. The van der Waals surface area contributed by atoms with E-state index in [1.54, 1.807) is 0 Å². The highest BCUT2D eigenvalue weighted by molar-refractivity contribution is 7.09. The second-order valence-electron chi connectivity index (χ2n) is 4.91. The van der Waals surface area contributed by atoms with E-state index in [0.717, 1.165) is 47.9 Å². The number of halogens is 1. The molecule has 0 bridgehead atoms. The number of aromatic nitrogens is 1. The Balaban J connectivity index is 1.90. The standard InChI is InChI=1S/C15H16ClNOS/c16-13-3-1-2-12(10-11-5-8-18-9-6-11)15(13)14-4-7-17-19-14/h1-4,7,11H,5-6,8-10H2. The summed E-state index contributed by atoms with van der Waals surface area (Å²) in [5, 5.41) is 0.828. The first-order valence-corrected chi connectivity index (χ1v) is 7.76. The molecule has 3 rings (SSSR count). The van der Waals surface area contributed by atoms with Crippen LogP contribution in [0.4, 0.5) is 0 Å². The summed E-state index contributed by atoms with van der Waals surface area (Å²) in [4.78, 5) is 1.16. The van der Waals surface area contributed by atoms with E-state index in [1.807, 2.05) is 24.4 Å². The molecule has 19 heavy (non-hydrogen) atoms. The van der Waals surface area contributed by atoms with Gasteiger partial charge in [-0.1, -0.05) is 23.7 Å². The molecule has 0 atom stereocenters. The molecule has 0 radical (unpaired) electrons. The van der Waals surface area contributed by atoms with E-state index >= 15 is 0 Å². The molecule has 0 aliphatic carbocycles. The van der Waals surface area contributed by atoms with Crippen LogP contribution in [0.5, 0.6) is 0 Å². The summed E-state index contributed by atoms with van der Waals surface area (Å²) in [5.41, 5.74) is 2.50. The lowest BCUT2D eigenvalue weighted by Crippen LogP contribution is -2.17. The summed E-state index contributed by atoms with van der Waals surface area (Å²) in [5.74, 6) is 0.707. The quantitative estimate of drug-likeness (QED) is 0.835. The van der Waals surface area contributed by atoms with E-state index in [0.29, 0.717) is 5.92 Å². The molecular weight excluding hydrogens is 278 g/mol. The van der Waals surface area contributed by atoms with Crippen molar-refractivity contribution in [2.45, 2.75) is 19.3 Å². The first-order valence-electron chi connectivity index (χ1n) is 6.61. The molecule has 1 aliphatic rings. The Morgan fingerprint density at radius 3 is 2.84 bits per heavy atom. The lowest BCUT2D eigenvalue weighted by molar-refractivity contribution is 0.0666. The van der Waals surface area contributed by atoms with Crippen LogP contribution in [0.1, 0.15) is 18.4 Å². The maximum absolute atomic E-state index is 6.39. The number of hydrogen-bond donors (Lipinski definition) is 0. The van der Waals surface area contributed by atoms with Crippen LogP contribution in [0, 0.1) is 5.92 Å². The van der Waals surface area contributed by atoms with Gasteiger partial charge in [-0.15, -0.1) is 0 Å². The predicted molar refractivity (Wildman–Crippen MR) is 79.8 cm³/mol. The Morgan fingerprint density at radius 2 is 2.11 bits per heavy atom. The third-order valence-corrected chi connectivity index (χ3v) is 4.71. The van der Waals surface area contributed by atoms with Gasteiger partial charge in [0.15, 0.2) is 0 Å². The number of nitrogens with zero attached hydrogens (tertiary/aromatic N) is 1. The zero-order valence-electron chi connectivity index (χ0n) is 10.6. The van der Waals surface area contributed by atoms with Crippen LogP contribution in [0.2, 0.25) is 5.02 Å². The topological polar surface area (TPSA) is 22.1 Å². The van der Waals surface area contributed by atoms with Crippen molar-refractivity contribution >= 4 is 23.1 Å². The molecule has 1 saturated heterocycles. The molecule has 1 aromatic carbocycles. The molecule has 0 amide bonds. The van der Waals surface area contributed by atoms with E-state index in [4.69, 9.17) is 16.3 Å². The van der Waals surface area contributed by atoms with Crippen molar-refractivity contribution in [2.24, 2.45) is 5.92 Å². The SMILES string of the molecule is Clc1cccc(CC2CCOCC2)c1-c1ccns1. The first-order chi connectivity index (χ1) is 9.34. The number of ether oxygens (including phenoxy) is 1. The van der Waals surface area contributed by atoms with Crippen LogP contribution >= 0.6 is 23.1 Å². The lowest BCUT2D eigenvalue weighted by atomic mass is 9.90. The number of hydrogen-bond acceptors (Lipinski definition) is 3. The smallest absolute Gasteiger partial charge is 0.0567 e. The van der Waals surface area contributed by atoms with Gasteiger partial charge in [-0.25, -0.2) is 4.37 Å². The van der Waals surface area contributed by atoms with Crippen LogP contribution in [-0.2, 0) is 11.2 Å². The summed E-state index contributed by atoms with van der Waals surface area (Å²) in [6.45, 7) is 1.78.